The van der Waals surface area contributed by atoms with E-state index in [1.807, 2.05) is 0 Å². The molecule has 0 saturated carbocycles. The van der Waals surface area contributed by atoms with Gasteiger partial charge in [-0.1, -0.05) is 76.9 Å². The number of carbonyl (C=O) groups excluding carboxylic acids is 13. The van der Waals surface area contributed by atoms with Gasteiger partial charge in [-0.3, -0.25) is 62.3 Å². The minimum atomic E-state index is -1.74. The molecule has 0 aromatic heterocycles. The lowest BCUT2D eigenvalue weighted by molar-refractivity contribution is -0.136. The van der Waals surface area contributed by atoms with Gasteiger partial charge in [-0.2, -0.15) is 0 Å². The lowest BCUT2D eigenvalue weighted by Crippen LogP contribution is -2.60. The van der Waals surface area contributed by atoms with E-state index in [0.29, 0.717) is 95.7 Å². The van der Waals surface area contributed by atoms with E-state index in [-0.39, 0.29) is 175 Å². The molecular weight excluding hydrogens is 1590 g/mol. The Morgan fingerprint density at radius 3 is 0.846 bits per heavy atom. The molecular formula is C83H140B2N20O18. The zero-order valence-electron chi connectivity index (χ0n) is 72.0. The summed E-state index contributed by atoms with van der Waals surface area (Å²) in [5.74, 6) is -9.79. The molecule has 3 aromatic rings. The van der Waals surface area contributed by atoms with E-state index in [1.54, 1.807) is 39.8 Å². The highest BCUT2D eigenvalue weighted by molar-refractivity contribution is 6.59. The number of nitrogens with two attached hydrogens (primary N) is 8. The topological polar surface area (TPSA) is 676 Å². The summed E-state index contributed by atoms with van der Waals surface area (Å²) in [5.41, 5.74) is 48.9. The summed E-state index contributed by atoms with van der Waals surface area (Å²) in [5, 5.41) is 81.2. The van der Waals surface area contributed by atoms with Gasteiger partial charge in [-0.15, -0.1) is 0 Å². The van der Waals surface area contributed by atoms with Gasteiger partial charge in [-0.05, 0) is 252 Å². The van der Waals surface area contributed by atoms with Crippen LogP contribution in [0.3, 0.4) is 0 Å². The summed E-state index contributed by atoms with van der Waals surface area (Å²) in [7, 11) is -3.46. The van der Waals surface area contributed by atoms with Gasteiger partial charge in [0.25, 0.3) is 11.8 Å². The van der Waals surface area contributed by atoms with Crippen LogP contribution in [0.5, 0.6) is 5.75 Å². The second-order valence-electron chi connectivity index (χ2n) is 32.0. The third kappa shape index (κ3) is 43.4. The normalized spacial score (nSPS) is 13.9. The summed E-state index contributed by atoms with van der Waals surface area (Å²) < 4.78 is 0. The fourth-order valence-electron chi connectivity index (χ4n) is 13.3. The number of hydrogen-bond donors (Lipinski definition) is 25. The Balaban J connectivity index is 2.06. The van der Waals surface area contributed by atoms with Gasteiger partial charge in [-0.25, -0.2) is 0 Å². The van der Waals surface area contributed by atoms with Crippen molar-refractivity contribution >= 4 is 102 Å². The first kappa shape index (κ1) is 107. The van der Waals surface area contributed by atoms with Crippen molar-refractivity contribution in [2.75, 3.05) is 52.4 Å². The number of hydrogen-bond acceptors (Lipinski definition) is 25. The standard InChI is InChI=1S/C83H140B2N20O18/c1-52(2)49-69(82(118)102-66(25-9-17-45-90)80(116)103-68(71(93)107)51-54-29-39-59(106)40-30-54)105-83(119)70(50-53(3)4)104-81(117)67(101-79(115)65(24-8-16-44-89)100-78(114)64(98-75(111)61(92)22-6-14-42-87)27-11-19-47-95-73(109)56-33-37-58(38-34-56)85(122)123)28-12-20-48-96-76(112)62(23-7-15-43-88)99-77(113)63(97-74(110)60(91)21-5-13-41-86)26-10-18-46-94-72(108)55-31-35-57(36-32-55)84(120)121/h29-40,52-53,60-70,106,120-123H,5-28,41-51,86-92H2,1-4H3,(H2,93,107)(H,94,108)(H,95,109)(H,96,112)(H,97,110)(H,98,111)(H,99,113)(H,100,114)(H,101,115)(H,102,118)(H,103,116)(H,104,117)(H,105,119)/t60-,61-,62-,63-,64-,65-,66-,67-,68-,69-,70-/m0/s1. The highest BCUT2D eigenvalue weighted by atomic mass is 16.4. The zero-order valence-corrected chi connectivity index (χ0v) is 72.0. The van der Waals surface area contributed by atoms with E-state index in [4.69, 9.17) is 45.9 Å². The van der Waals surface area contributed by atoms with Gasteiger partial charge in [0.1, 0.15) is 60.1 Å². The molecule has 0 bridgehead atoms. The second kappa shape index (κ2) is 60.7. The van der Waals surface area contributed by atoms with Gasteiger partial charge in [0.15, 0.2) is 0 Å². The molecule has 123 heavy (non-hydrogen) atoms. The monoisotopic (exact) mass is 1730 g/mol. The van der Waals surface area contributed by atoms with Crippen LogP contribution in [0.2, 0.25) is 0 Å². The van der Waals surface area contributed by atoms with E-state index in [0.717, 1.165) is 0 Å². The van der Waals surface area contributed by atoms with E-state index in [1.165, 1.54) is 60.7 Å². The van der Waals surface area contributed by atoms with Crippen LogP contribution in [0.25, 0.3) is 0 Å². The molecule has 13 amide bonds. The minimum absolute atomic E-state index is 0.0104. The largest absolute Gasteiger partial charge is 0.508 e. The quantitative estimate of drug-likeness (QED) is 0.0189. The molecule has 0 spiro atoms. The predicted octanol–water partition coefficient (Wildman–Crippen LogP) is -3.98. The molecule has 0 aliphatic carbocycles. The third-order valence-corrected chi connectivity index (χ3v) is 20.5. The highest BCUT2D eigenvalue weighted by Gasteiger charge is 2.36. The number of carbonyl (C=O) groups is 13. The number of rotatable bonds is 65. The molecule has 0 heterocycles. The molecule has 0 aliphatic rings. The first-order valence-corrected chi connectivity index (χ1v) is 43.3. The summed E-state index contributed by atoms with van der Waals surface area (Å²) in [4.78, 5) is 184. The van der Waals surface area contributed by atoms with Crippen LogP contribution in [0.4, 0.5) is 0 Å². The van der Waals surface area contributed by atoms with Crippen LogP contribution in [-0.4, -0.2) is 235 Å². The van der Waals surface area contributed by atoms with Crippen molar-refractivity contribution in [3.8, 4) is 5.75 Å². The van der Waals surface area contributed by atoms with E-state index in [2.05, 4.69) is 63.8 Å². The molecule has 0 aliphatic heterocycles. The molecule has 40 heteroatoms. The smallest absolute Gasteiger partial charge is 0.488 e. The van der Waals surface area contributed by atoms with Crippen LogP contribution in [0.15, 0.2) is 72.8 Å². The average molecular weight is 1730 g/mol. The average Bonchev–Trinajstić information content (AvgIpc) is 0.843. The first-order chi connectivity index (χ1) is 58.7. The van der Waals surface area contributed by atoms with Gasteiger partial charge < -0.3 is 135 Å². The maximum Gasteiger partial charge on any atom is 0.488 e. The number of phenols is 1. The predicted molar refractivity (Wildman–Crippen MR) is 470 cm³/mol. The van der Waals surface area contributed by atoms with E-state index >= 15 is 9.59 Å². The molecule has 3 rings (SSSR count). The lowest BCUT2D eigenvalue weighted by Gasteiger charge is -2.29. The second-order valence-corrected chi connectivity index (χ2v) is 32.0. The Kier molecular flexibility index (Phi) is 53.1. The van der Waals surface area contributed by atoms with Gasteiger partial charge in [0, 0.05) is 37.2 Å². The summed E-state index contributed by atoms with van der Waals surface area (Å²) in [6, 6.07) is 3.43. The molecule has 0 unspecified atom stereocenters. The molecule has 0 saturated heterocycles. The van der Waals surface area contributed by atoms with Crippen LogP contribution in [0, 0.1) is 11.8 Å². The SMILES string of the molecule is CC(C)C[C@H](NC(=O)[C@H](CC(C)C)NC(=O)[C@H](CCCCNC(=O)[C@H](CCCCN)NC(=O)[C@H](CCCCNC(=O)c1ccc(B(O)O)cc1)NC(=O)[C@@H](N)CCCCN)NC(=O)[C@H](CCCCN)NC(=O)[C@H](CCCCNC(=O)c1ccc(B(O)O)cc1)NC(=O)[C@@H](N)CCCCN)C(=O)N[C@@H](CCCCN)C(=O)N[C@@H](Cc1ccc(O)cc1)C(N)=O. The Morgan fingerprint density at radius 1 is 0.309 bits per heavy atom. The van der Waals surface area contributed by atoms with Crippen LogP contribution in [0.1, 0.15) is 221 Å². The van der Waals surface area contributed by atoms with Crippen molar-refractivity contribution in [1.82, 2.24) is 63.8 Å². The minimum Gasteiger partial charge on any atom is -0.508 e. The number of unbranched alkanes of at least 4 members (excludes halogenated alkanes) is 8. The molecule has 33 N–H and O–H groups in total. The van der Waals surface area contributed by atoms with Crippen molar-refractivity contribution in [2.45, 2.75) is 268 Å². The molecule has 0 fully saturated rings. The Hall–Kier alpha value is -9.74. The maximum absolute atomic E-state index is 15.2. The number of aromatic hydroxyl groups is 1. The van der Waals surface area contributed by atoms with Crippen molar-refractivity contribution < 1.29 is 87.5 Å². The van der Waals surface area contributed by atoms with Crippen molar-refractivity contribution in [3.63, 3.8) is 0 Å². The molecule has 11 atom stereocenters. The summed E-state index contributed by atoms with van der Waals surface area (Å²) in [6.45, 7) is 8.85. The van der Waals surface area contributed by atoms with Crippen molar-refractivity contribution in [3.05, 3.63) is 89.5 Å². The lowest BCUT2D eigenvalue weighted by atomic mass is 9.80. The van der Waals surface area contributed by atoms with Crippen LogP contribution >= 0.6 is 0 Å². The molecule has 686 valence electrons. The Bertz CT molecular complexity index is 3710. The number of benzene rings is 3. The third-order valence-electron chi connectivity index (χ3n) is 20.5. The Labute approximate surface area is 722 Å². The van der Waals surface area contributed by atoms with Gasteiger partial charge in [0.05, 0.1) is 12.1 Å². The summed E-state index contributed by atoms with van der Waals surface area (Å²) in [6.07, 6.45) is 6.49. The van der Waals surface area contributed by atoms with Gasteiger partial charge >= 0.3 is 14.2 Å². The maximum atomic E-state index is 15.2. The number of amides is 13. The van der Waals surface area contributed by atoms with E-state index < -0.39 is 157 Å². The zero-order chi connectivity index (χ0) is 91.3. The first-order valence-electron chi connectivity index (χ1n) is 43.3. The fraction of sp³-hybridized carbons (Fsp3) is 0.627. The van der Waals surface area contributed by atoms with E-state index in [9.17, 15) is 77.9 Å². The molecule has 3 aromatic carbocycles. The summed E-state index contributed by atoms with van der Waals surface area (Å²) >= 11 is 0. The van der Waals surface area contributed by atoms with Crippen molar-refractivity contribution in [2.24, 2.45) is 57.7 Å². The highest BCUT2D eigenvalue weighted by Crippen LogP contribution is 2.17. The molecule has 0 radical (unpaired) electrons. The number of phenolic OH excluding ortho intramolecular Hbond substituents is 1. The van der Waals surface area contributed by atoms with Crippen LogP contribution in [-0.2, 0) is 59.2 Å². The fourth-order valence-corrected chi connectivity index (χ4v) is 13.3. The number of nitrogens with one attached hydrogen (secondary N) is 12. The molecule has 38 nitrogen and oxygen atoms in total. The Morgan fingerprint density at radius 2 is 0.561 bits per heavy atom. The van der Waals surface area contributed by atoms with Gasteiger partial charge in [0.2, 0.25) is 65.0 Å². The number of primary amides is 1. The van der Waals surface area contributed by atoms with Crippen LogP contribution < -0.4 is 121 Å². The van der Waals surface area contributed by atoms with Crippen molar-refractivity contribution in [1.29, 1.82) is 0 Å².